The van der Waals surface area contributed by atoms with Crippen LogP contribution in [0.5, 0.6) is 5.75 Å². The third kappa shape index (κ3) is 2.78. The largest absolute Gasteiger partial charge is 0.496 e. The number of rotatable bonds is 5. The number of aliphatic carboxylic acids is 1. The summed E-state index contributed by atoms with van der Waals surface area (Å²) in [7, 11) is 1.59. The SMILES string of the molecule is CCCC(C(=O)O)c1ccc(C)c(C)c1OC. The number of carboxylic acid groups (broad SMARTS) is 1. The van der Waals surface area contributed by atoms with Crippen LogP contribution >= 0.6 is 0 Å². The van der Waals surface area contributed by atoms with E-state index in [-0.39, 0.29) is 0 Å². The van der Waals surface area contributed by atoms with Crippen molar-refractivity contribution in [3.63, 3.8) is 0 Å². The standard InChI is InChI=1S/C14H20O3/c1-5-6-12(14(15)16)11-8-7-9(2)10(3)13(11)17-4/h7-8,12H,5-6H2,1-4H3,(H,15,16). The molecule has 0 spiro atoms. The molecule has 1 aromatic rings. The highest BCUT2D eigenvalue weighted by Gasteiger charge is 2.23. The maximum Gasteiger partial charge on any atom is 0.311 e. The molecule has 3 heteroatoms. The van der Waals surface area contributed by atoms with Crippen molar-refractivity contribution in [2.75, 3.05) is 7.11 Å². The number of methoxy groups -OCH3 is 1. The van der Waals surface area contributed by atoms with E-state index < -0.39 is 11.9 Å². The normalized spacial score (nSPS) is 12.2. The van der Waals surface area contributed by atoms with E-state index in [1.54, 1.807) is 7.11 Å². The van der Waals surface area contributed by atoms with E-state index in [1.807, 2.05) is 32.9 Å². The number of carbonyl (C=O) groups is 1. The van der Waals surface area contributed by atoms with Crippen LogP contribution in [0.2, 0.25) is 0 Å². The van der Waals surface area contributed by atoms with E-state index >= 15 is 0 Å². The summed E-state index contributed by atoms with van der Waals surface area (Å²) in [6.07, 6.45) is 1.47. The molecule has 0 aromatic heterocycles. The van der Waals surface area contributed by atoms with Crippen LogP contribution in [-0.2, 0) is 4.79 Å². The molecule has 0 aliphatic rings. The van der Waals surface area contributed by atoms with Gasteiger partial charge in [0, 0.05) is 5.56 Å². The van der Waals surface area contributed by atoms with Gasteiger partial charge in [0.25, 0.3) is 0 Å². The van der Waals surface area contributed by atoms with E-state index in [0.29, 0.717) is 12.2 Å². The van der Waals surface area contributed by atoms with Crippen molar-refractivity contribution in [3.05, 3.63) is 28.8 Å². The fraction of sp³-hybridized carbons (Fsp3) is 0.500. The molecule has 0 saturated heterocycles. The molecule has 17 heavy (non-hydrogen) atoms. The lowest BCUT2D eigenvalue weighted by Crippen LogP contribution is -2.13. The lowest BCUT2D eigenvalue weighted by molar-refractivity contribution is -0.139. The van der Waals surface area contributed by atoms with Crippen molar-refractivity contribution in [1.82, 2.24) is 0 Å². The van der Waals surface area contributed by atoms with Gasteiger partial charge in [-0.25, -0.2) is 0 Å². The third-order valence-electron chi connectivity index (χ3n) is 3.16. The Labute approximate surface area is 102 Å². The van der Waals surface area contributed by atoms with Crippen LogP contribution in [-0.4, -0.2) is 18.2 Å². The Bertz CT molecular complexity index is 410. The molecule has 1 N–H and O–H groups in total. The summed E-state index contributed by atoms with van der Waals surface area (Å²) in [6.45, 7) is 5.95. The molecule has 0 aliphatic heterocycles. The number of aryl methyl sites for hydroxylation is 1. The molecule has 0 fully saturated rings. The monoisotopic (exact) mass is 236 g/mol. The fourth-order valence-corrected chi connectivity index (χ4v) is 2.06. The average molecular weight is 236 g/mol. The zero-order valence-corrected chi connectivity index (χ0v) is 10.9. The van der Waals surface area contributed by atoms with Gasteiger partial charge in [-0.3, -0.25) is 4.79 Å². The smallest absolute Gasteiger partial charge is 0.311 e. The summed E-state index contributed by atoms with van der Waals surface area (Å²) in [6, 6.07) is 3.83. The summed E-state index contributed by atoms with van der Waals surface area (Å²) in [5.41, 5.74) is 2.92. The minimum Gasteiger partial charge on any atom is -0.496 e. The van der Waals surface area contributed by atoms with Crippen molar-refractivity contribution in [2.45, 2.75) is 39.5 Å². The van der Waals surface area contributed by atoms with E-state index in [4.69, 9.17) is 4.74 Å². The van der Waals surface area contributed by atoms with Crippen LogP contribution < -0.4 is 4.74 Å². The Kier molecular flexibility index (Phi) is 4.55. The van der Waals surface area contributed by atoms with Crippen LogP contribution in [0.1, 0.15) is 42.4 Å². The van der Waals surface area contributed by atoms with Gasteiger partial charge < -0.3 is 9.84 Å². The number of hydrogen-bond donors (Lipinski definition) is 1. The topological polar surface area (TPSA) is 46.5 Å². The number of benzene rings is 1. The van der Waals surface area contributed by atoms with Gasteiger partial charge in [-0.2, -0.15) is 0 Å². The number of hydrogen-bond acceptors (Lipinski definition) is 2. The molecule has 0 amide bonds. The molecule has 0 radical (unpaired) electrons. The lowest BCUT2D eigenvalue weighted by Gasteiger charge is -2.18. The Hall–Kier alpha value is -1.51. The molecule has 0 aliphatic carbocycles. The Morgan fingerprint density at radius 3 is 2.53 bits per heavy atom. The molecule has 0 heterocycles. The van der Waals surface area contributed by atoms with E-state index in [1.165, 1.54) is 0 Å². The quantitative estimate of drug-likeness (QED) is 0.853. The molecular weight excluding hydrogens is 216 g/mol. The van der Waals surface area contributed by atoms with Gasteiger partial charge in [-0.15, -0.1) is 0 Å². The van der Waals surface area contributed by atoms with E-state index in [0.717, 1.165) is 23.1 Å². The first-order valence-electron chi connectivity index (χ1n) is 5.89. The van der Waals surface area contributed by atoms with Crippen LogP contribution in [0.25, 0.3) is 0 Å². The zero-order valence-electron chi connectivity index (χ0n) is 10.9. The van der Waals surface area contributed by atoms with Gasteiger partial charge in [-0.1, -0.05) is 25.5 Å². The van der Waals surface area contributed by atoms with Crippen LogP contribution in [0.3, 0.4) is 0 Å². The fourth-order valence-electron chi connectivity index (χ4n) is 2.06. The Morgan fingerprint density at radius 1 is 1.41 bits per heavy atom. The molecule has 3 nitrogen and oxygen atoms in total. The molecule has 1 rings (SSSR count). The van der Waals surface area contributed by atoms with Gasteiger partial charge in [0.05, 0.1) is 13.0 Å². The second-order valence-corrected chi connectivity index (χ2v) is 4.31. The van der Waals surface area contributed by atoms with Crippen LogP contribution in [0.4, 0.5) is 0 Å². The van der Waals surface area contributed by atoms with Crippen molar-refractivity contribution in [3.8, 4) is 5.75 Å². The van der Waals surface area contributed by atoms with Crippen molar-refractivity contribution < 1.29 is 14.6 Å². The summed E-state index contributed by atoms with van der Waals surface area (Å²) < 4.78 is 5.37. The molecule has 1 aromatic carbocycles. The summed E-state index contributed by atoms with van der Waals surface area (Å²) in [5, 5.41) is 9.28. The van der Waals surface area contributed by atoms with E-state index in [2.05, 4.69) is 0 Å². The highest BCUT2D eigenvalue weighted by molar-refractivity contribution is 5.77. The van der Waals surface area contributed by atoms with Gasteiger partial charge in [-0.05, 0) is 31.4 Å². The summed E-state index contributed by atoms with van der Waals surface area (Å²) in [5.74, 6) is -0.548. The highest BCUT2D eigenvalue weighted by Crippen LogP contribution is 2.34. The van der Waals surface area contributed by atoms with Crippen molar-refractivity contribution in [1.29, 1.82) is 0 Å². The number of carboxylic acids is 1. The van der Waals surface area contributed by atoms with Crippen LogP contribution in [0.15, 0.2) is 12.1 Å². The molecule has 1 unspecified atom stereocenters. The average Bonchev–Trinajstić information content (AvgIpc) is 2.29. The predicted molar refractivity (Wildman–Crippen MR) is 67.8 cm³/mol. The van der Waals surface area contributed by atoms with Crippen molar-refractivity contribution in [2.24, 2.45) is 0 Å². The first-order chi connectivity index (χ1) is 8.02. The van der Waals surface area contributed by atoms with Crippen LogP contribution in [0, 0.1) is 13.8 Å². The van der Waals surface area contributed by atoms with Gasteiger partial charge >= 0.3 is 5.97 Å². The maximum atomic E-state index is 11.3. The second kappa shape index (κ2) is 5.71. The summed E-state index contributed by atoms with van der Waals surface area (Å²) in [4.78, 5) is 11.3. The number of ether oxygens (including phenoxy) is 1. The second-order valence-electron chi connectivity index (χ2n) is 4.31. The first kappa shape index (κ1) is 13.6. The van der Waals surface area contributed by atoms with Gasteiger partial charge in [0.1, 0.15) is 5.75 Å². The predicted octanol–water partition coefficient (Wildman–Crippen LogP) is 3.28. The molecule has 0 bridgehead atoms. The minimum absolute atomic E-state index is 0.478. The minimum atomic E-state index is -0.784. The molecule has 94 valence electrons. The summed E-state index contributed by atoms with van der Waals surface area (Å²) >= 11 is 0. The van der Waals surface area contributed by atoms with Gasteiger partial charge in [0.2, 0.25) is 0 Å². The Balaban J connectivity index is 3.28. The molecular formula is C14H20O3. The zero-order chi connectivity index (χ0) is 13.0. The first-order valence-corrected chi connectivity index (χ1v) is 5.89. The third-order valence-corrected chi connectivity index (χ3v) is 3.16. The molecule has 0 saturated carbocycles. The van der Waals surface area contributed by atoms with E-state index in [9.17, 15) is 9.90 Å². The molecule has 1 atom stereocenters. The lowest BCUT2D eigenvalue weighted by atomic mass is 9.91. The van der Waals surface area contributed by atoms with Gasteiger partial charge in [0.15, 0.2) is 0 Å². The van der Waals surface area contributed by atoms with Crippen molar-refractivity contribution >= 4 is 5.97 Å². The highest BCUT2D eigenvalue weighted by atomic mass is 16.5. The maximum absolute atomic E-state index is 11.3. The Morgan fingerprint density at radius 2 is 2.06 bits per heavy atom.